The Bertz CT molecular complexity index is 1150. The van der Waals surface area contributed by atoms with Crippen molar-refractivity contribution >= 4 is 11.8 Å². The van der Waals surface area contributed by atoms with Gasteiger partial charge in [-0.25, -0.2) is 9.97 Å². The van der Waals surface area contributed by atoms with Crippen molar-refractivity contribution in [1.82, 2.24) is 24.8 Å². The Morgan fingerprint density at radius 1 is 1.06 bits per heavy atom. The molecule has 3 heterocycles. The molecular formula is C26H31N5O4. The number of hydrogen-bond donors (Lipinski definition) is 1. The number of fused-ring (bicyclic) bond motifs is 2. The normalized spacial score (nSPS) is 14.3. The lowest BCUT2D eigenvalue weighted by molar-refractivity contribution is -0.121. The Kier molecular flexibility index (Phi) is 8.32. The summed E-state index contributed by atoms with van der Waals surface area (Å²) in [5.41, 5.74) is 0.310. The third kappa shape index (κ3) is 6.59. The zero-order valence-electron chi connectivity index (χ0n) is 20.0. The van der Waals surface area contributed by atoms with Crippen LogP contribution in [0.25, 0.3) is 0 Å². The first-order valence-electron chi connectivity index (χ1n) is 12.0. The lowest BCUT2D eigenvalue weighted by Crippen LogP contribution is -2.41. The van der Waals surface area contributed by atoms with Gasteiger partial charge in [0.2, 0.25) is 11.8 Å². The number of carbonyl (C=O) groups excluding carboxylic acids is 2. The summed E-state index contributed by atoms with van der Waals surface area (Å²) in [5.74, 6) is 1.77. The first-order chi connectivity index (χ1) is 17.1. The second-order valence-electron chi connectivity index (χ2n) is 8.41. The van der Waals surface area contributed by atoms with E-state index < -0.39 is 0 Å². The molecule has 0 saturated heterocycles. The molecule has 3 aromatic rings. The summed E-state index contributed by atoms with van der Waals surface area (Å²) in [4.78, 5) is 36.3. The SMILES string of the molecule is Cc1nccn1CCCNC(=O)CN1CCCCCOc2ccccc2Oc2ncccc2C1=O. The van der Waals surface area contributed by atoms with Gasteiger partial charge >= 0.3 is 0 Å². The summed E-state index contributed by atoms with van der Waals surface area (Å²) < 4.78 is 14.0. The Balaban J connectivity index is 1.44. The molecule has 184 valence electrons. The van der Waals surface area contributed by atoms with E-state index in [-0.39, 0.29) is 24.2 Å². The third-order valence-corrected chi connectivity index (χ3v) is 5.83. The minimum absolute atomic E-state index is 0.0235. The Morgan fingerprint density at radius 2 is 1.91 bits per heavy atom. The number of rotatable bonds is 6. The number of aromatic nitrogens is 3. The molecule has 0 unspecified atom stereocenters. The fourth-order valence-electron chi connectivity index (χ4n) is 3.93. The molecule has 1 aromatic carbocycles. The summed E-state index contributed by atoms with van der Waals surface area (Å²) in [6.45, 7) is 4.22. The Hall–Kier alpha value is -3.88. The largest absolute Gasteiger partial charge is 0.490 e. The number of carbonyl (C=O) groups is 2. The molecule has 1 aliphatic rings. The molecule has 0 radical (unpaired) electrons. The number of hydrogen-bond acceptors (Lipinski definition) is 6. The van der Waals surface area contributed by atoms with Gasteiger partial charge in [-0.1, -0.05) is 12.1 Å². The van der Waals surface area contributed by atoms with Crippen LogP contribution in [0.3, 0.4) is 0 Å². The van der Waals surface area contributed by atoms with E-state index in [1.807, 2.05) is 35.9 Å². The van der Waals surface area contributed by atoms with Crippen molar-refractivity contribution in [3.05, 3.63) is 66.4 Å². The first-order valence-corrected chi connectivity index (χ1v) is 12.0. The number of nitrogens with one attached hydrogen (secondary N) is 1. The molecule has 1 N–H and O–H groups in total. The van der Waals surface area contributed by atoms with E-state index in [0.717, 1.165) is 38.1 Å². The quantitative estimate of drug-likeness (QED) is 0.545. The van der Waals surface area contributed by atoms with Gasteiger partial charge in [0.05, 0.1) is 13.2 Å². The van der Waals surface area contributed by atoms with Gasteiger partial charge in [-0.05, 0) is 56.9 Å². The minimum atomic E-state index is -0.282. The van der Waals surface area contributed by atoms with Crippen LogP contribution in [0.1, 0.15) is 41.9 Å². The molecule has 0 saturated carbocycles. The van der Waals surface area contributed by atoms with Crippen molar-refractivity contribution in [1.29, 1.82) is 0 Å². The van der Waals surface area contributed by atoms with Crippen molar-refractivity contribution in [2.45, 2.75) is 39.2 Å². The zero-order valence-corrected chi connectivity index (χ0v) is 20.0. The Labute approximate surface area is 205 Å². The van der Waals surface area contributed by atoms with E-state index in [9.17, 15) is 9.59 Å². The number of nitrogens with zero attached hydrogens (tertiary/aromatic N) is 4. The average molecular weight is 478 g/mol. The van der Waals surface area contributed by atoms with Crippen molar-refractivity contribution < 1.29 is 19.1 Å². The Morgan fingerprint density at radius 3 is 2.74 bits per heavy atom. The van der Waals surface area contributed by atoms with Crippen molar-refractivity contribution in [3.8, 4) is 17.4 Å². The van der Waals surface area contributed by atoms with Crippen LogP contribution in [0.4, 0.5) is 0 Å². The van der Waals surface area contributed by atoms with Crippen LogP contribution in [-0.4, -0.2) is 57.5 Å². The summed E-state index contributed by atoms with van der Waals surface area (Å²) in [5, 5.41) is 2.93. The van der Waals surface area contributed by atoms with E-state index in [0.29, 0.717) is 36.8 Å². The van der Waals surface area contributed by atoms with Gasteiger partial charge in [0.15, 0.2) is 11.5 Å². The maximum atomic E-state index is 13.5. The lowest BCUT2D eigenvalue weighted by atomic mass is 10.2. The maximum absolute atomic E-state index is 13.5. The molecule has 9 nitrogen and oxygen atoms in total. The summed E-state index contributed by atoms with van der Waals surface area (Å²) >= 11 is 0. The molecule has 0 aliphatic carbocycles. The summed E-state index contributed by atoms with van der Waals surface area (Å²) in [6.07, 6.45) is 8.51. The molecule has 35 heavy (non-hydrogen) atoms. The van der Waals surface area contributed by atoms with E-state index in [1.165, 1.54) is 0 Å². The molecule has 1 aliphatic heterocycles. The van der Waals surface area contributed by atoms with E-state index >= 15 is 0 Å². The zero-order chi connectivity index (χ0) is 24.5. The van der Waals surface area contributed by atoms with Gasteiger partial charge in [-0.2, -0.15) is 0 Å². The van der Waals surface area contributed by atoms with Crippen LogP contribution in [-0.2, 0) is 11.3 Å². The highest BCUT2D eigenvalue weighted by Gasteiger charge is 2.23. The molecule has 9 heteroatoms. The number of imidazole rings is 1. The minimum Gasteiger partial charge on any atom is -0.490 e. The second kappa shape index (κ2) is 12.0. The fraction of sp³-hybridized carbons (Fsp3) is 0.385. The predicted octanol–water partition coefficient (Wildman–Crippen LogP) is 3.59. The van der Waals surface area contributed by atoms with E-state index in [2.05, 4.69) is 15.3 Å². The van der Waals surface area contributed by atoms with E-state index in [4.69, 9.17) is 9.47 Å². The van der Waals surface area contributed by atoms with Gasteiger partial charge < -0.3 is 24.3 Å². The van der Waals surface area contributed by atoms with Gasteiger partial charge in [-0.3, -0.25) is 9.59 Å². The molecule has 4 rings (SSSR count). The fourth-order valence-corrected chi connectivity index (χ4v) is 3.93. The number of benzene rings is 1. The molecule has 2 amide bonds. The number of amides is 2. The number of ether oxygens (including phenoxy) is 2. The number of pyridine rings is 1. The highest BCUT2D eigenvalue weighted by molar-refractivity contribution is 5.98. The molecule has 2 aromatic heterocycles. The lowest BCUT2D eigenvalue weighted by Gasteiger charge is -2.23. The first kappa shape index (κ1) is 24.3. The average Bonchev–Trinajstić information content (AvgIpc) is 3.28. The van der Waals surface area contributed by atoms with Crippen molar-refractivity contribution in [3.63, 3.8) is 0 Å². The predicted molar refractivity (Wildman–Crippen MR) is 131 cm³/mol. The maximum Gasteiger partial charge on any atom is 0.259 e. The third-order valence-electron chi connectivity index (χ3n) is 5.83. The van der Waals surface area contributed by atoms with E-state index in [1.54, 1.807) is 35.5 Å². The van der Waals surface area contributed by atoms with Gasteiger partial charge in [0.1, 0.15) is 11.4 Å². The second-order valence-corrected chi connectivity index (χ2v) is 8.41. The standard InChI is InChI=1S/C26H31N5O4/c1-20-27-14-17-30(20)16-8-13-28-24(32)19-31-15-5-2-6-18-34-22-10-3-4-11-23(22)35-25-21(26(31)33)9-7-12-29-25/h3-4,7,9-12,14,17H,2,5-6,8,13,15-16,18-19H2,1H3,(H,28,32). The van der Waals surface area contributed by atoms with Crippen LogP contribution in [0.5, 0.6) is 17.4 Å². The molecule has 0 fully saturated rings. The molecule has 0 bridgehead atoms. The topological polar surface area (TPSA) is 98.6 Å². The van der Waals surface area contributed by atoms with Gasteiger partial charge in [0.25, 0.3) is 5.91 Å². The highest BCUT2D eigenvalue weighted by Crippen LogP contribution is 2.32. The highest BCUT2D eigenvalue weighted by atomic mass is 16.5. The summed E-state index contributed by atoms with van der Waals surface area (Å²) in [6, 6.07) is 10.7. The van der Waals surface area contributed by atoms with Crippen LogP contribution in [0.2, 0.25) is 0 Å². The summed E-state index contributed by atoms with van der Waals surface area (Å²) in [7, 11) is 0. The number of para-hydroxylation sites is 2. The van der Waals surface area contributed by atoms with Crippen LogP contribution in [0.15, 0.2) is 55.0 Å². The molecule has 0 spiro atoms. The van der Waals surface area contributed by atoms with Gasteiger partial charge in [0, 0.05) is 38.2 Å². The van der Waals surface area contributed by atoms with Gasteiger partial charge in [-0.15, -0.1) is 0 Å². The van der Waals surface area contributed by atoms with Crippen molar-refractivity contribution in [2.24, 2.45) is 0 Å². The van der Waals surface area contributed by atoms with Crippen LogP contribution < -0.4 is 14.8 Å². The molecule has 0 atom stereocenters. The number of aryl methyl sites for hydroxylation is 2. The van der Waals surface area contributed by atoms with Crippen molar-refractivity contribution in [2.75, 3.05) is 26.2 Å². The van der Waals surface area contributed by atoms with Crippen LogP contribution in [0, 0.1) is 6.92 Å². The smallest absolute Gasteiger partial charge is 0.259 e. The van der Waals surface area contributed by atoms with Crippen LogP contribution >= 0.6 is 0 Å². The monoisotopic (exact) mass is 477 g/mol. The molecular weight excluding hydrogens is 446 g/mol.